The number of aromatic amines is 1. The smallest absolute Gasteiger partial charge is 0.252 e. The molecule has 1 aromatic carbocycles. The maximum atomic E-state index is 11.9. The second-order valence-electron chi connectivity index (χ2n) is 4.23. The number of benzene rings is 1. The van der Waals surface area contributed by atoms with E-state index < -0.39 is 0 Å². The predicted octanol–water partition coefficient (Wildman–Crippen LogP) is 1.57. The summed E-state index contributed by atoms with van der Waals surface area (Å²) in [4.78, 5) is 25.5. The Labute approximate surface area is 109 Å². The van der Waals surface area contributed by atoms with Gasteiger partial charge in [-0.3, -0.25) is 9.59 Å². The largest absolute Gasteiger partial charge is 0.508 e. The first-order valence-corrected chi connectivity index (χ1v) is 5.85. The summed E-state index contributed by atoms with van der Waals surface area (Å²) < 4.78 is 0. The van der Waals surface area contributed by atoms with E-state index in [1.54, 1.807) is 25.1 Å². The molecule has 0 fully saturated rings. The van der Waals surface area contributed by atoms with Crippen molar-refractivity contribution in [3.05, 3.63) is 64.1 Å². The molecule has 5 nitrogen and oxygen atoms in total. The van der Waals surface area contributed by atoms with Gasteiger partial charge in [-0.25, -0.2) is 0 Å². The van der Waals surface area contributed by atoms with E-state index in [-0.39, 0.29) is 23.3 Å². The van der Waals surface area contributed by atoms with Crippen LogP contribution in [0.2, 0.25) is 0 Å². The number of amides is 1. The number of pyridine rings is 1. The molecule has 19 heavy (non-hydrogen) atoms. The zero-order valence-corrected chi connectivity index (χ0v) is 10.4. The zero-order chi connectivity index (χ0) is 13.8. The van der Waals surface area contributed by atoms with E-state index in [2.05, 4.69) is 10.3 Å². The van der Waals surface area contributed by atoms with Crippen molar-refractivity contribution in [1.29, 1.82) is 0 Å². The number of nitrogens with one attached hydrogen (secondary N) is 2. The van der Waals surface area contributed by atoms with Crippen LogP contribution >= 0.6 is 0 Å². The topological polar surface area (TPSA) is 82.2 Å². The Kier molecular flexibility index (Phi) is 3.66. The number of H-pyrrole nitrogens is 1. The van der Waals surface area contributed by atoms with E-state index in [1.807, 2.05) is 6.07 Å². The van der Waals surface area contributed by atoms with Gasteiger partial charge in [0, 0.05) is 17.8 Å². The van der Waals surface area contributed by atoms with Gasteiger partial charge in [-0.1, -0.05) is 12.1 Å². The first-order chi connectivity index (χ1) is 9.06. The quantitative estimate of drug-likeness (QED) is 0.781. The highest BCUT2D eigenvalue weighted by molar-refractivity contribution is 5.94. The number of hydrogen-bond acceptors (Lipinski definition) is 3. The van der Waals surface area contributed by atoms with Gasteiger partial charge >= 0.3 is 0 Å². The van der Waals surface area contributed by atoms with Crippen molar-refractivity contribution < 1.29 is 9.90 Å². The van der Waals surface area contributed by atoms with Gasteiger partial charge in [-0.2, -0.15) is 0 Å². The molecule has 0 aliphatic carbocycles. The van der Waals surface area contributed by atoms with Gasteiger partial charge in [0.1, 0.15) is 5.75 Å². The molecule has 2 rings (SSSR count). The first kappa shape index (κ1) is 12.9. The molecule has 0 aliphatic heterocycles. The normalized spacial score (nSPS) is 11.8. The molecular formula is C14H14N2O3. The number of aromatic nitrogens is 1. The molecule has 0 radical (unpaired) electrons. The molecular weight excluding hydrogens is 244 g/mol. The van der Waals surface area contributed by atoms with Gasteiger partial charge in [-0.05, 0) is 30.7 Å². The molecule has 98 valence electrons. The average molecular weight is 258 g/mol. The number of carbonyl (C=O) groups is 1. The van der Waals surface area contributed by atoms with Gasteiger partial charge in [0.05, 0.1) is 6.04 Å². The summed E-state index contributed by atoms with van der Waals surface area (Å²) >= 11 is 0. The van der Waals surface area contributed by atoms with Crippen LogP contribution in [0.25, 0.3) is 0 Å². The summed E-state index contributed by atoms with van der Waals surface area (Å²) in [5.41, 5.74) is 0.770. The summed E-state index contributed by atoms with van der Waals surface area (Å²) in [6.45, 7) is 1.81. The molecule has 0 saturated heterocycles. The van der Waals surface area contributed by atoms with Crippen LogP contribution in [-0.4, -0.2) is 16.0 Å². The predicted molar refractivity (Wildman–Crippen MR) is 71.1 cm³/mol. The molecule has 0 spiro atoms. The van der Waals surface area contributed by atoms with Gasteiger partial charge in [-0.15, -0.1) is 0 Å². The average Bonchev–Trinajstić information content (AvgIpc) is 2.38. The Balaban J connectivity index is 2.13. The molecule has 0 bridgehead atoms. The van der Waals surface area contributed by atoms with Crippen molar-refractivity contribution in [3.63, 3.8) is 0 Å². The van der Waals surface area contributed by atoms with E-state index in [0.29, 0.717) is 5.56 Å². The lowest BCUT2D eigenvalue weighted by Gasteiger charge is -2.14. The molecule has 3 N–H and O–H groups in total. The Morgan fingerprint density at radius 1 is 1.32 bits per heavy atom. The fourth-order valence-corrected chi connectivity index (χ4v) is 1.74. The van der Waals surface area contributed by atoms with Crippen LogP contribution in [0.4, 0.5) is 0 Å². The molecule has 1 atom stereocenters. The third-order valence-corrected chi connectivity index (χ3v) is 2.76. The van der Waals surface area contributed by atoms with Crippen LogP contribution < -0.4 is 10.9 Å². The number of carbonyl (C=O) groups excluding carboxylic acids is 1. The minimum Gasteiger partial charge on any atom is -0.508 e. The van der Waals surface area contributed by atoms with Crippen LogP contribution in [0.1, 0.15) is 28.9 Å². The highest BCUT2D eigenvalue weighted by atomic mass is 16.3. The Hall–Kier alpha value is -2.56. The maximum Gasteiger partial charge on any atom is 0.252 e. The Morgan fingerprint density at radius 2 is 2.11 bits per heavy atom. The van der Waals surface area contributed by atoms with Crippen molar-refractivity contribution >= 4 is 5.91 Å². The zero-order valence-electron chi connectivity index (χ0n) is 10.4. The minimum atomic E-state index is -0.332. The summed E-state index contributed by atoms with van der Waals surface area (Å²) in [7, 11) is 0. The van der Waals surface area contributed by atoms with Gasteiger partial charge in [0.2, 0.25) is 5.56 Å². The fraction of sp³-hybridized carbons (Fsp3) is 0.143. The number of phenols is 1. The molecule has 1 unspecified atom stereocenters. The van der Waals surface area contributed by atoms with Crippen molar-refractivity contribution in [2.45, 2.75) is 13.0 Å². The van der Waals surface area contributed by atoms with Crippen LogP contribution in [0, 0.1) is 0 Å². The molecule has 1 amide bonds. The lowest BCUT2D eigenvalue weighted by Crippen LogP contribution is -2.27. The summed E-state index contributed by atoms with van der Waals surface area (Å²) in [5.74, 6) is -0.184. The summed E-state index contributed by atoms with van der Waals surface area (Å²) in [6.07, 6.45) is 1.43. The molecule has 0 aliphatic rings. The number of phenolic OH excluding ortho intramolecular Hbond substituents is 1. The lowest BCUT2D eigenvalue weighted by molar-refractivity contribution is 0.0939. The van der Waals surface area contributed by atoms with E-state index in [1.165, 1.54) is 18.3 Å². The van der Waals surface area contributed by atoms with Gasteiger partial charge < -0.3 is 15.4 Å². The Morgan fingerprint density at radius 3 is 2.79 bits per heavy atom. The highest BCUT2D eigenvalue weighted by Crippen LogP contribution is 2.18. The van der Waals surface area contributed by atoms with E-state index in [4.69, 9.17) is 0 Å². The molecule has 1 aromatic heterocycles. The second kappa shape index (κ2) is 5.39. The Bertz CT molecular complexity index is 649. The molecule has 2 aromatic rings. The van der Waals surface area contributed by atoms with Gasteiger partial charge in [0.25, 0.3) is 5.91 Å². The van der Waals surface area contributed by atoms with E-state index in [0.717, 1.165) is 5.56 Å². The third-order valence-electron chi connectivity index (χ3n) is 2.76. The van der Waals surface area contributed by atoms with Crippen molar-refractivity contribution in [2.75, 3.05) is 0 Å². The van der Waals surface area contributed by atoms with Crippen LogP contribution in [0.15, 0.2) is 47.4 Å². The van der Waals surface area contributed by atoms with Crippen molar-refractivity contribution in [1.82, 2.24) is 10.3 Å². The van der Waals surface area contributed by atoms with E-state index >= 15 is 0 Å². The third kappa shape index (κ3) is 3.22. The van der Waals surface area contributed by atoms with Gasteiger partial charge in [0.15, 0.2) is 0 Å². The maximum absolute atomic E-state index is 11.9. The molecule has 0 saturated carbocycles. The van der Waals surface area contributed by atoms with Crippen molar-refractivity contribution in [2.24, 2.45) is 0 Å². The van der Waals surface area contributed by atoms with Crippen LogP contribution in [-0.2, 0) is 0 Å². The number of aromatic hydroxyl groups is 1. The summed E-state index contributed by atoms with van der Waals surface area (Å²) in [6, 6.07) is 9.18. The first-order valence-electron chi connectivity index (χ1n) is 5.85. The number of hydrogen-bond donors (Lipinski definition) is 3. The van der Waals surface area contributed by atoms with Crippen molar-refractivity contribution in [3.8, 4) is 5.75 Å². The fourth-order valence-electron chi connectivity index (χ4n) is 1.74. The standard InChI is InChI=1S/C14H14N2O3/c1-9(10-3-2-4-12(17)7-10)16-14(19)11-5-6-15-13(18)8-11/h2-9,17H,1H3,(H,15,18)(H,16,19). The van der Waals surface area contributed by atoms with E-state index in [9.17, 15) is 14.7 Å². The lowest BCUT2D eigenvalue weighted by atomic mass is 10.1. The second-order valence-corrected chi connectivity index (χ2v) is 4.23. The monoisotopic (exact) mass is 258 g/mol. The van der Waals surface area contributed by atoms with Crippen LogP contribution in [0.3, 0.4) is 0 Å². The number of rotatable bonds is 3. The highest BCUT2D eigenvalue weighted by Gasteiger charge is 2.11. The van der Waals surface area contributed by atoms with Crippen LogP contribution in [0.5, 0.6) is 5.75 Å². The minimum absolute atomic E-state index is 0.148. The SMILES string of the molecule is CC(NC(=O)c1cc[nH]c(=O)c1)c1cccc(O)c1. The molecule has 1 heterocycles. The summed E-state index contributed by atoms with van der Waals surface area (Å²) in [5, 5.41) is 12.2. The molecule has 5 heteroatoms.